The van der Waals surface area contributed by atoms with Crippen LogP contribution in [0.1, 0.15) is 37.0 Å². The van der Waals surface area contributed by atoms with Crippen LogP contribution in [0, 0.1) is 0 Å². The van der Waals surface area contributed by atoms with Gasteiger partial charge in [-0.3, -0.25) is 4.68 Å². The predicted molar refractivity (Wildman–Crippen MR) is 62.4 cm³/mol. The number of aromatic nitrogens is 2. The lowest BCUT2D eigenvalue weighted by Crippen LogP contribution is -2.12. The van der Waals surface area contributed by atoms with Gasteiger partial charge in [0.2, 0.25) is 0 Å². The molecular formula is C12H18N2O2. The van der Waals surface area contributed by atoms with Crippen molar-refractivity contribution in [2.45, 2.75) is 26.2 Å². The maximum atomic E-state index is 11.6. The molecule has 0 aliphatic rings. The average Bonchev–Trinajstić information content (AvgIpc) is 2.56. The quantitative estimate of drug-likeness (QED) is 0.581. The maximum absolute atomic E-state index is 11.6. The summed E-state index contributed by atoms with van der Waals surface area (Å²) in [6.07, 6.45) is 1.54. The zero-order chi connectivity index (χ0) is 12.3. The second-order valence-corrected chi connectivity index (χ2v) is 4.68. The third kappa shape index (κ3) is 2.72. The first-order chi connectivity index (χ1) is 7.36. The van der Waals surface area contributed by atoms with Crippen LogP contribution in [0.3, 0.4) is 0 Å². The molecule has 1 rings (SSSR count). The molecule has 1 aromatic heterocycles. The van der Waals surface area contributed by atoms with Gasteiger partial charge in [-0.1, -0.05) is 33.4 Å². The number of nitrogens with zero attached hydrogens (tertiary/aromatic N) is 2. The molecule has 0 N–H and O–H groups in total. The van der Waals surface area contributed by atoms with Gasteiger partial charge in [0.15, 0.2) is 0 Å². The molecule has 0 radical (unpaired) electrons. The van der Waals surface area contributed by atoms with Crippen molar-refractivity contribution >= 4 is 5.97 Å². The molecule has 0 unspecified atom stereocenters. The lowest BCUT2D eigenvalue weighted by Gasteiger charge is -2.13. The summed E-state index contributed by atoms with van der Waals surface area (Å²) in [4.78, 5) is 11.6. The molecule has 0 saturated carbocycles. The van der Waals surface area contributed by atoms with Gasteiger partial charge in [0, 0.05) is 12.5 Å². The third-order valence-electron chi connectivity index (χ3n) is 2.19. The van der Waals surface area contributed by atoms with Gasteiger partial charge in [-0.05, 0) is 6.07 Å². The largest absolute Gasteiger partial charge is 0.457 e. The van der Waals surface area contributed by atoms with Gasteiger partial charge in [-0.15, -0.1) is 0 Å². The molecule has 0 aromatic carbocycles. The SMILES string of the molecule is C=CCOC(=O)c1cc(C(C)(C)C)nn1C. The van der Waals surface area contributed by atoms with Crippen LogP contribution in [0.4, 0.5) is 0 Å². The Morgan fingerprint density at radius 2 is 2.25 bits per heavy atom. The standard InChI is InChI=1S/C12H18N2O2/c1-6-7-16-11(15)9-8-10(12(2,3)4)13-14(9)5/h6,8H,1,7H2,2-5H3. The van der Waals surface area contributed by atoms with Crippen LogP contribution in [0.2, 0.25) is 0 Å². The fourth-order valence-corrected chi connectivity index (χ4v) is 1.23. The van der Waals surface area contributed by atoms with Gasteiger partial charge in [0.05, 0.1) is 5.69 Å². The lowest BCUT2D eigenvalue weighted by atomic mass is 9.92. The topological polar surface area (TPSA) is 44.1 Å². The molecule has 4 nitrogen and oxygen atoms in total. The molecule has 0 bridgehead atoms. The summed E-state index contributed by atoms with van der Waals surface area (Å²) in [6, 6.07) is 1.77. The van der Waals surface area contributed by atoms with E-state index in [1.165, 1.54) is 0 Å². The van der Waals surface area contributed by atoms with E-state index in [-0.39, 0.29) is 18.0 Å². The highest BCUT2D eigenvalue weighted by molar-refractivity contribution is 5.87. The number of ether oxygens (including phenoxy) is 1. The molecule has 0 atom stereocenters. The molecule has 0 fully saturated rings. The normalized spacial score (nSPS) is 11.2. The van der Waals surface area contributed by atoms with Crippen LogP contribution in [0.25, 0.3) is 0 Å². The Morgan fingerprint density at radius 3 is 2.69 bits per heavy atom. The second kappa shape index (κ2) is 4.51. The first-order valence-corrected chi connectivity index (χ1v) is 5.19. The van der Waals surface area contributed by atoms with Gasteiger partial charge in [0.1, 0.15) is 12.3 Å². The molecule has 4 heteroatoms. The van der Waals surface area contributed by atoms with E-state index in [0.717, 1.165) is 5.69 Å². The van der Waals surface area contributed by atoms with E-state index in [1.54, 1.807) is 23.9 Å². The number of hydrogen-bond donors (Lipinski definition) is 0. The number of carbonyl (C=O) groups excluding carboxylic acids is 1. The molecule has 0 aliphatic heterocycles. The fraction of sp³-hybridized carbons (Fsp3) is 0.500. The molecule has 1 aromatic rings. The smallest absolute Gasteiger partial charge is 0.356 e. The zero-order valence-corrected chi connectivity index (χ0v) is 10.3. The van der Waals surface area contributed by atoms with E-state index in [4.69, 9.17) is 4.74 Å². The highest BCUT2D eigenvalue weighted by Gasteiger charge is 2.22. The van der Waals surface area contributed by atoms with E-state index in [2.05, 4.69) is 11.7 Å². The summed E-state index contributed by atoms with van der Waals surface area (Å²) in [7, 11) is 1.74. The molecule has 1 heterocycles. The zero-order valence-electron chi connectivity index (χ0n) is 10.3. The van der Waals surface area contributed by atoms with E-state index in [9.17, 15) is 4.79 Å². The van der Waals surface area contributed by atoms with Crippen molar-refractivity contribution in [2.75, 3.05) is 6.61 Å². The van der Waals surface area contributed by atoms with Crippen molar-refractivity contribution in [3.63, 3.8) is 0 Å². The Kier molecular flexibility index (Phi) is 3.52. The lowest BCUT2D eigenvalue weighted by molar-refractivity contribution is 0.0537. The number of aryl methyl sites for hydroxylation is 1. The van der Waals surface area contributed by atoms with Crippen LogP contribution in [-0.4, -0.2) is 22.4 Å². The highest BCUT2D eigenvalue weighted by atomic mass is 16.5. The Labute approximate surface area is 95.9 Å². The van der Waals surface area contributed by atoms with Crippen molar-refractivity contribution in [3.05, 3.63) is 30.1 Å². The Hall–Kier alpha value is -1.58. The molecular weight excluding hydrogens is 204 g/mol. The van der Waals surface area contributed by atoms with E-state index in [0.29, 0.717) is 5.69 Å². The minimum absolute atomic E-state index is 0.0747. The summed E-state index contributed by atoms with van der Waals surface area (Å²) in [5.74, 6) is -0.370. The highest BCUT2D eigenvalue weighted by Crippen LogP contribution is 2.21. The van der Waals surface area contributed by atoms with Crippen LogP contribution in [0.15, 0.2) is 18.7 Å². The number of hydrogen-bond acceptors (Lipinski definition) is 3. The van der Waals surface area contributed by atoms with Crippen LogP contribution < -0.4 is 0 Å². The Bertz CT molecular complexity index is 400. The average molecular weight is 222 g/mol. The van der Waals surface area contributed by atoms with Crippen molar-refractivity contribution < 1.29 is 9.53 Å². The van der Waals surface area contributed by atoms with Crippen molar-refractivity contribution in [1.29, 1.82) is 0 Å². The van der Waals surface area contributed by atoms with Crippen molar-refractivity contribution in [1.82, 2.24) is 9.78 Å². The summed E-state index contributed by atoms with van der Waals surface area (Å²) in [5, 5.41) is 4.30. The first-order valence-electron chi connectivity index (χ1n) is 5.19. The third-order valence-corrected chi connectivity index (χ3v) is 2.19. The second-order valence-electron chi connectivity index (χ2n) is 4.68. The van der Waals surface area contributed by atoms with Gasteiger partial charge in [0.25, 0.3) is 0 Å². The first kappa shape index (κ1) is 12.5. The molecule has 0 spiro atoms. The molecule has 0 aliphatic carbocycles. The summed E-state index contributed by atoms with van der Waals surface area (Å²) in [6.45, 7) is 9.86. The predicted octanol–water partition coefficient (Wildman–Crippen LogP) is 2.06. The number of carbonyl (C=O) groups is 1. The molecule has 88 valence electrons. The maximum Gasteiger partial charge on any atom is 0.356 e. The molecule has 0 saturated heterocycles. The van der Waals surface area contributed by atoms with Crippen LogP contribution >= 0.6 is 0 Å². The molecule has 0 amide bonds. The van der Waals surface area contributed by atoms with Gasteiger partial charge < -0.3 is 4.74 Å². The minimum atomic E-state index is -0.370. The summed E-state index contributed by atoms with van der Waals surface area (Å²) in [5.41, 5.74) is 1.27. The van der Waals surface area contributed by atoms with Crippen molar-refractivity contribution in [2.24, 2.45) is 7.05 Å². The van der Waals surface area contributed by atoms with E-state index < -0.39 is 0 Å². The summed E-state index contributed by atoms with van der Waals surface area (Å²) < 4.78 is 6.51. The Balaban J connectivity index is 2.94. The monoisotopic (exact) mass is 222 g/mol. The number of esters is 1. The van der Waals surface area contributed by atoms with Crippen molar-refractivity contribution in [3.8, 4) is 0 Å². The minimum Gasteiger partial charge on any atom is -0.457 e. The molecule has 16 heavy (non-hydrogen) atoms. The summed E-state index contributed by atoms with van der Waals surface area (Å²) >= 11 is 0. The van der Waals surface area contributed by atoms with Gasteiger partial charge in [-0.25, -0.2) is 4.79 Å². The van der Waals surface area contributed by atoms with E-state index in [1.807, 2.05) is 20.8 Å². The van der Waals surface area contributed by atoms with Gasteiger partial charge in [-0.2, -0.15) is 5.10 Å². The fourth-order valence-electron chi connectivity index (χ4n) is 1.23. The van der Waals surface area contributed by atoms with E-state index >= 15 is 0 Å². The number of rotatable bonds is 3. The van der Waals surface area contributed by atoms with Gasteiger partial charge >= 0.3 is 5.97 Å². The van der Waals surface area contributed by atoms with Crippen LogP contribution in [-0.2, 0) is 17.2 Å². The Morgan fingerprint density at radius 1 is 1.62 bits per heavy atom. The van der Waals surface area contributed by atoms with Crippen LogP contribution in [0.5, 0.6) is 0 Å².